The molecule has 0 aliphatic heterocycles. The third kappa shape index (κ3) is 2.51. The van der Waals surface area contributed by atoms with Crippen LogP contribution in [0.1, 0.15) is 45.0 Å². The molecule has 1 saturated carbocycles. The van der Waals surface area contributed by atoms with E-state index in [1.54, 1.807) is 18.3 Å². The zero-order chi connectivity index (χ0) is 15.0. The molecule has 0 unspecified atom stereocenters. The number of nitrogens with zero attached hydrogens (tertiary/aromatic N) is 1. The van der Waals surface area contributed by atoms with E-state index in [1.165, 1.54) is 0 Å². The number of carbonyl (C=O) groups is 1. The highest BCUT2D eigenvalue weighted by Crippen LogP contribution is 2.67. The summed E-state index contributed by atoms with van der Waals surface area (Å²) in [4.78, 5) is 16.4. The average Bonchev–Trinajstić information content (AvgIpc) is 2.77. The summed E-state index contributed by atoms with van der Waals surface area (Å²) >= 11 is 0. The Morgan fingerprint density at radius 3 is 2.50 bits per heavy atom. The number of amides is 1. The van der Waals surface area contributed by atoms with Crippen LogP contribution < -0.4 is 10.6 Å². The van der Waals surface area contributed by atoms with Crippen LogP contribution in [0.15, 0.2) is 18.3 Å². The fourth-order valence-electron chi connectivity index (χ4n) is 2.99. The Labute approximate surface area is 121 Å². The molecule has 0 radical (unpaired) electrons. The van der Waals surface area contributed by atoms with Crippen molar-refractivity contribution in [1.29, 1.82) is 0 Å². The molecule has 4 heteroatoms. The van der Waals surface area contributed by atoms with Crippen molar-refractivity contribution in [2.24, 2.45) is 16.7 Å². The number of aromatic nitrogens is 1. The van der Waals surface area contributed by atoms with Crippen LogP contribution in [0, 0.1) is 16.7 Å². The fourth-order valence-corrected chi connectivity index (χ4v) is 2.99. The fraction of sp³-hybridized carbons (Fsp3) is 0.625. The quantitative estimate of drug-likeness (QED) is 0.868. The van der Waals surface area contributed by atoms with Crippen LogP contribution in [0.4, 0.5) is 5.82 Å². The van der Waals surface area contributed by atoms with Gasteiger partial charge in [-0.3, -0.25) is 4.79 Å². The molecular weight excluding hydrogens is 250 g/mol. The molecule has 0 bridgehead atoms. The summed E-state index contributed by atoms with van der Waals surface area (Å²) in [6.45, 7) is 12.6. The smallest absolute Gasteiger partial charge is 0.251 e. The highest BCUT2D eigenvalue weighted by Gasteiger charge is 2.64. The molecule has 0 atom stereocenters. The van der Waals surface area contributed by atoms with Crippen molar-refractivity contribution in [3.8, 4) is 0 Å². The largest absolute Gasteiger partial charge is 0.370 e. The van der Waals surface area contributed by atoms with Gasteiger partial charge in [0.05, 0.1) is 0 Å². The molecule has 1 aromatic heterocycles. The maximum absolute atomic E-state index is 12.2. The predicted octanol–water partition coefficient (Wildman–Crippen LogP) is 2.93. The number of rotatable bonds is 5. The van der Waals surface area contributed by atoms with E-state index >= 15 is 0 Å². The Morgan fingerprint density at radius 2 is 1.95 bits per heavy atom. The summed E-state index contributed by atoms with van der Waals surface area (Å²) in [5, 5.41) is 6.16. The van der Waals surface area contributed by atoms with E-state index in [4.69, 9.17) is 0 Å². The molecule has 0 aromatic carbocycles. The van der Waals surface area contributed by atoms with E-state index in [1.807, 2.05) is 6.92 Å². The van der Waals surface area contributed by atoms with Gasteiger partial charge in [0.25, 0.3) is 5.91 Å². The van der Waals surface area contributed by atoms with Crippen LogP contribution in [0.5, 0.6) is 0 Å². The second-order valence-corrected chi connectivity index (χ2v) is 6.67. The van der Waals surface area contributed by atoms with Crippen molar-refractivity contribution < 1.29 is 4.79 Å². The average molecular weight is 275 g/mol. The van der Waals surface area contributed by atoms with Gasteiger partial charge in [-0.2, -0.15) is 0 Å². The first-order valence-corrected chi connectivity index (χ1v) is 7.29. The van der Waals surface area contributed by atoms with Crippen molar-refractivity contribution in [3.63, 3.8) is 0 Å². The predicted molar refractivity (Wildman–Crippen MR) is 81.8 cm³/mol. The molecule has 4 nitrogen and oxygen atoms in total. The molecule has 1 heterocycles. The van der Waals surface area contributed by atoms with E-state index in [-0.39, 0.29) is 5.91 Å². The molecular formula is C16H25N3O. The molecule has 2 rings (SSSR count). The molecule has 1 aliphatic rings. The van der Waals surface area contributed by atoms with Gasteiger partial charge in [0, 0.05) is 24.8 Å². The van der Waals surface area contributed by atoms with Crippen molar-refractivity contribution >= 4 is 11.7 Å². The number of nitrogens with one attached hydrogen (secondary N) is 2. The Kier molecular flexibility index (Phi) is 3.76. The van der Waals surface area contributed by atoms with Crippen LogP contribution in [0.3, 0.4) is 0 Å². The minimum atomic E-state index is -0.0231. The van der Waals surface area contributed by atoms with Gasteiger partial charge in [-0.25, -0.2) is 4.98 Å². The highest BCUT2D eigenvalue weighted by atomic mass is 16.1. The second kappa shape index (κ2) is 5.08. The lowest BCUT2D eigenvalue weighted by atomic mass is 10.0. The maximum Gasteiger partial charge on any atom is 0.251 e. The highest BCUT2D eigenvalue weighted by molar-refractivity contribution is 5.94. The number of hydrogen-bond donors (Lipinski definition) is 2. The number of anilines is 1. The first kappa shape index (κ1) is 14.8. The lowest BCUT2D eigenvalue weighted by Gasteiger charge is -2.08. The number of pyridine rings is 1. The maximum atomic E-state index is 12.2. The van der Waals surface area contributed by atoms with Gasteiger partial charge in [-0.1, -0.05) is 27.7 Å². The summed E-state index contributed by atoms with van der Waals surface area (Å²) in [6, 6.07) is 3.54. The van der Waals surface area contributed by atoms with Crippen LogP contribution >= 0.6 is 0 Å². The zero-order valence-corrected chi connectivity index (χ0v) is 13.1. The summed E-state index contributed by atoms with van der Waals surface area (Å²) in [6.07, 6.45) is 1.66. The third-order valence-electron chi connectivity index (χ3n) is 5.17. The molecule has 1 fully saturated rings. The standard InChI is InChI=1S/C16H25N3O/c1-6-17-13-9-11(7-8-18-13)14(20)19-10-12-15(2,3)16(12,4)5/h7-9,12H,6,10H2,1-5H3,(H,17,18)(H,19,20). The van der Waals surface area contributed by atoms with Crippen LogP contribution in [0.2, 0.25) is 0 Å². The van der Waals surface area contributed by atoms with Crippen LogP contribution in [0.25, 0.3) is 0 Å². The van der Waals surface area contributed by atoms with Crippen molar-refractivity contribution in [2.75, 3.05) is 18.4 Å². The Bertz CT molecular complexity index is 494. The summed E-state index contributed by atoms with van der Waals surface area (Å²) in [7, 11) is 0. The van der Waals surface area contributed by atoms with Gasteiger partial charge in [-0.05, 0) is 35.8 Å². The van der Waals surface area contributed by atoms with Gasteiger partial charge in [0.15, 0.2) is 0 Å². The molecule has 0 spiro atoms. The summed E-state index contributed by atoms with van der Waals surface area (Å²) < 4.78 is 0. The zero-order valence-electron chi connectivity index (χ0n) is 13.1. The first-order chi connectivity index (χ1) is 9.30. The molecule has 0 saturated heterocycles. The van der Waals surface area contributed by atoms with Gasteiger partial charge in [-0.15, -0.1) is 0 Å². The minimum Gasteiger partial charge on any atom is -0.370 e. The topological polar surface area (TPSA) is 54.0 Å². The third-order valence-corrected chi connectivity index (χ3v) is 5.17. The number of hydrogen-bond acceptors (Lipinski definition) is 3. The Hall–Kier alpha value is -1.58. The van der Waals surface area contributed by atoms with Gasteiger partial charge >= 0.3 is 0 Å². The van der Waals surface area contributed by atoms with E-state index in [0.29, 0.717) is 22.3 Å². The van der Waals surface area contributed by atoms with Crippen molar-refractivity contribution in [2.45, 2.75) is 34.6 Å². The first-order valence-electron chi connectivity index (χ1n) is 7.29. The summed E-state index contributed by atoms with van der Waals surface area (Å²) in [5.74, 6) is 1.26. The number of carbonyl (C=O) groups excluding carboxylic acids is 1. The van der Waals surface area contributed by atoms with Crippen LogP contribution in [-0.2, 0) is 0 Å². The lowest BCUT2D eigenvalue weighted by Crippen LogP contribution is -2.27. The molecule has 110 valence electrons. The molecule has 1 amide bonds. The van der Waals surface area contributed by atoms with Crippen molar-refractivity contribution in [1.82, 2.24) is 10.3 Å². The van der Waals surface area contributed by atoms with Crippen LogP contribution in [-0.4, -0.2) is 24.0 Å². The molecule has 1 aliphatic carbocycles. The van der Waals surface area contributed by atoms with E-state index in [9.17, 15) is 4.79 Å². The van der Waals surface area contributed by atoms with Gasteiger partial charge in [0.1, 0.15) is 5.82 Å². The second-order valence-electron chi connectivity index (χ2n) is 6.67. The van der Waals surface area contributed by atoms with E-state index < -0.39 is 0 Å². The van der Waals surface area contributed by atoms with E-state index in [2.05, 4.69) is 43.3 Å². The lowest BCUT2D eigenvalue weighted by molar-refractivity contribution is 0.0950. The molecule has 2 N–H and O–H groups in total. The monoisotopic (exact) mass is 275 g/mol. The molecule has 20 heavy (non-hydrogen) atoms. The molecule has 1 aromatic rings. The van der Waals surface area contributed by atoms with Crippen molar-refractivity contribution in [3.05, 3.63) is 23.9 Å². The van der Waals surface area contributed by atoms with E-state index in [0.717, 1.165) is 18.9 Å². The minimum absolute atomic E-state index is 0.0231. The SMILES string of the molecule is CCNc1cc(C(=O)NCC2C(C)(C)C2(C)C)ccn1. The summed E-state index contributed by atoms with van der Waals surface area (Å²) in [5.41, 5.74) is 1.26. The van der Waals surface area contributed by atoms with Gasteiger partial charge < -0.3 is 10.6 Å². The normalized spacial score (nSPS) is 19.4. The Morgan fingerprint density at radius 1 is 1.30 bits per heavy atom. The Balaban J connectivity index is 1.95. The van der Waals surface area contributed by atoms with Gasteiger partial charge in [0.2, 0.25) is 0 Å².